The number of nitrogens with one attached hydrogen (secondary N) is 1. The summed E-state index contributed by atoms with van der Waals surface area (Å²) in [4.78, 5) is 9.93. The molecule has 0 fully saturated rings. The van der Waals surface area contributed by atoms with Crippen LogP contribution in [0.3, 0.4) is 0 Å². The summed E-state index contributed by atoms with van der Waals surface area (Å²) >= 11 is 5.05. The highest BCUT2D eigenvalue weighted by Crippen LogP contribution is 2.24. The lowest BCUT2D eigenvalue weighted by atomic mass is 10.4. The Morgan fingerprint density at radius 2 is 2.19 bits per heavy atom. The van der Waals surface area contributed by atoms with Crippen LogP contribution in [0.25, 0.3) is 10.7 Å². The van der Waals surface area contributed by atoms with Gasteiger partial charge in [-0.15, -0.1) is 11.3 Å². The second-order valence-electron chi connectivity index (χ2n) is 3.27. The predicted molar refractivity (Wildman–Crippen MR) is 70.4 cm³/mol. The summed E-state index contributed by atoms with van der Waals surface area (Å²) in [5.41, 5.74) is 0.927. The molecule has 0 aliphatic carbocycles. The first-order valence-electron chi connectivity index (χ1n) is 5.07. The Labute approximate surface area is 107 Å². The number of rotatable bonds is 4. The van der Waals surface area contributed by atoms with E-state index in [9.17, 15) is 0 Å². The molecule has 2 aromatic heterocycles. The number of thiazole rings is 1. The van der Waals surface area contributed by atoms with Crippen molar-refractivity contribution >= 4 is 27.3 Å². The van der Waals surface area contributed by atoms with E-state index in [0.717, 1.165) is 28.3 Å². The molecule has 1 N–H and O–H groups in total. The van der Waals surface area contributed by atoms with Gasteiger partial charge in [0.1, 0.15) is 5.01 Å². The fourth-order valence-corrected chi connectivity index (χ4v) is 2.35. The van der Waals surface area contributed by atoms with Crippen LogP contribution >= 0.6 is 27.3 Å². The Kier molecular flexibility index (Phi) is 4.04. The van der Waals surface area contributed by atoms with Crippen molar-refractivity contribution in [3.8, 4) is 10.7 Å². The van der Waals surface area contributed by atoms with E-state index in [1.54, 1.807) is 17.5 Å². The van der Waals surface area contributed by atoms with Gasteiger partial charge in [0.2, 0.25) is 0 Å². The molecule has 16 heavy (non-hydrogen) atoms. The molecule has 5 heteroatoms. The SMILES string of the molecule is CCNCc1cnc(-c2ccc(Br)cn2)s1. The zero-order valence-corrected chi connectivity index (χ0v) is 11.3. The van der Waals surface area contributed by atoms with Crippen LogP contribution in [0, 0.1) is 0 Å². The van der Waals surface area contributed by atoms with E-state index in [2.05, 4.69) is 38.1 Å². The van der Waals surface area contributed by atoms with Gasteiger partial charge in [-0.05, 0) is 34.6 Å². The van der Waals surface area contributed by atoms with Crippen LogP contribution in [-0.2, 0) is 6.54 Å². The summed E-state index contributed by atoms with van der Waals surface area (Å²) in [5, 5.41) is 4.25. The van der Waals surface area contributed by atoms with Crippen LogP contribution in [0.4, 0.5) is 0 Å². The van der Waals surface area contributed by atoms with Crippen molar-refractivity contribution in [1.82, 2.24) is 15.3 Å². The Hall–Kier alpha value is -0.780. The highest BCUT2D eigenvalue weighted by molar-refractivity contribution is 9.10. The third kappa shape index (κ3) is 2.87. The van der Waals surface area contributed by atoms with Gasteiger partial charge in [-0.25, -0.2) is 4.98 Å². The average molecular weight is 298 g/mol. The van der Waals surface area contributed by atoms with Crippen LogP contribution in [0.15, 0.2) is 29.0 Å². The molecular formula is C11H12BrN3S. The Balaban J connectivity index is 2.15. The number of aromatic nitrogens is 2. The monoisotopic (exact) mass is 297 g/mol. The molecule has 0 saturated heterocycles. The molecule has 2 aromatic rings. The van der Waals surface area contributed by atoms with Gasteiger partial charge in [0.25, 0.3) is 0 Å². The molecule has 0 saturated carbocycles. The summed E-state index contributed by atoms with van der Waals surface area (Å²) in [5.74, 6) is 0. The van der Waals surface area contributed by atoms with Gasteiger partial charge >= 0.3 is 0 Å². The predicted octanol–water partition coefficient (Wildman–Crippen LogP) is 3.08. The molecule has 2 rings (SSSR count). The van der Waals surface area contributed by atoms with Gasteiger partial charge in [0.05, 0.1) is 5.69 Å². The largest absolute Gasteiger partial charge is 0.312 e. The number of hydrogen-bond acceptors (Lipinski definition) is 4. The fourth-order valence-electron chi connectivity index (χ4n) is 1.26. The maximum absolute atomic E-state index is 4.37. The van der Waals surface area contributed by atoms with Gasteiger partial charge in [-0.1, -0.05) is 6.92 Å². The van der Waals surface area contributed by atoms with Crippen LogP contribution in [0.2, 0.25) is 0 Å². The number of nitrogens with zero attached hydrogens (tertiary/aromatic N) is 2. The first-order chi connectivity index (χ1) is 7.79. The molecule has 2 heterocycles. The average Bonchev–Trinajstić information content (AvgIpc) is 2.76. The minimum atomic E-state index is 0.880. The highest BCUT2D eigenvalue weighted by atomic mass is 79.9. The molecule has 3 nitrogen and oxygen atoms in total. The first kappa shape index (κ1) is 11.7. The molecule has 84 valence electrons. The normalized spacial score (nSPS) is 10.6. The van der Waals surface area contributed by atoms with Crippen LogP contribution in [0.5, 0.6) is 0 Å². The zero-order chi connectivity index (χ0) is 11.4. The van der Waals surface area contributed by atoms with Crippen molar-refractivity contribution in [1.29, 1.82) is 0 Å². The molecule has 0 radical (unpaired) electrons. The molecule has 0 aliphatic heterocycles. The summed E-state index contributed by atoms with van der Waals surface area (Å²) < 4.78 is 0.987. The van der Waals surface area contributed by atoms with E-state index in [4.69, 9.17) is 0 Å². The van der Waals surface area contributed by atoms with E-state index in [0.29, 0.717) is 0 Å². The van der Waals surface area contributed by atoms with E-state index >= 15 is 0 Å². The number of halogens is 1. The third-order valence-corrected chi connectivity index (χ3v) is 3.54. The van der Waals surface area contributed by atoms with E-state index < -0.39 is 0 Å². The van der Waals surface area contributed by atoms with Gasteiger partial charge in [-0.2, -0.15) is 0 Å². The topological polar surface area (TPSA) is 37.8 Å². The van der Waals surface area contributed by atoms with Crippen molar-refractivity contribution in [2.75, 3.05) is 6.54 Å². The molecule has 0 unspecified atom stereocenters. The van der Waals surface area contributed by atoms with Crippen molar-refractivity contribution < 1.29 is 0 Å². The number of pyridine rings is 1. The zero-order valence-electron chi connectivity index (χ0n) is 8.90. The maximum Gasteiger partial charge on any atom is 0.142 e. The molecule has 0 spiro atoms. The highest BCUT2D eigenvalue weighted by Gasteiger charge is 2.05. The first-order valence-corrected chi connectivity index (χ1v) is 6.68. The second-order valence-corrected chi connectivity index (χ2v) is 5.30. The standard InChI is InChI=1S/C11H12BrN3S/c1-2-13-6-9-7-15-11(16-9)10-4-3-8(12)5-14-10/h3-5,7,13H,2,6H2,1H3. The van der Waals surface area contributed by atoms with Gasteiger partial charge < -0.3 is 5.32 Å². The smallest absolute Gasteiger partial charge is 0.142 e. The van der Waals surface area contributed by atoms with Gasteiger partial charge in [-0.3, -0.25) is 4.98 Å². The van der Waals surface area contributed by atoms with Crippen LogP contribution in [-0.4, -0.2) is 16.5 Å². The van der Waals surface area contributed by atoms with E-state index in [-0.39, 0.29) is 0 Å². The Morgan fingerprint density at radius 3 is 2.88 bits per heavy atom. The second kappa shape index (κ2) is 5.52. The molecule has 0 aliphatic rings. The Bertz CT molecular complexity index is 453. The third-order valence-electron chi connectivity index (χ3n) is 2.05. The number of hydrogen-bond donors (Lipinski definition) is 1. The van der Waals surface area contributed by atoms with Crippen LogP contribution in [0.1, 0.15) is 11.8 Å². The van der Waals surface area contributed by atoms with Crippen LogP contribution < -0.4 is 5.32 Å². The van der Waals surface area contributed by atoms with Crippen molar-refractivity contribution in [2.45, 2.75) is 13.5 Å². The van der Waals surface area contributed by atoms with Crippen molar-refractivity contribution in [2.24, 2.45) is 0 Å². The molecule has 0 aromatic carbocycles. The van der Waals surface area contributed by atoms with Crippen molar-refractivity contribution in [3.63, 3.8) is 0 Å². The van der Waals surface area contributed by atoms with Gasteiger partial charge in [0.15, 0.2) is 0 Å². The summed E-state index contributed by atoms with van der Waals surface area (Å²) in [6, 6.07) is 3.95. The minimum absolute atomic E-state index is 0.880. The minimum Gasteiger partial charge on any atom is -0.312 e. The maximum atomic E-state index is 4.37. The van der Waals surface area contributed by atoms with Gasteiger partial charge in [0, 0.05) is 28.3 Å². The summed E-state index contributed by atoms with van der Waals surface area (Å²) in [6.07, 6.45) is 3.70. The quantitative estimate of drug-likeness (QED) is 0.942. The lowest BCUT2D eigenvalue weighted by Gasteiger charge is -1.96. The van der Waals surface area contributed by atoms with E-state index in [1.807, 2.05) is 18.3 Å². The van der Waals surface area contributed by atoms with E-state index in [1.165, 1.54) is 4.88 Å². The van der Waals surface area contributed by atoms with Crippen molar-refractivity contribution in [3.05, 3.63) is 33.9 Å². The molecule has 0 amide bonds. The summed E-state index contributed by atoms with van der Waals surface area (Å²) in [6.45, 7) is 3.95. The molecule has 0 bridgehead atoms. The summed E-state index contributed by atoms with van der Waals surface area (Å²) in [7, 11) is 0. The Morgan fingerprint density at radius 1 is 1.31 bits per heavy atom. The molecule has 0 atom stereocenters. The lowest BCUT2D eigenvalue weighted by Crippen LogP contribution is -2.10. The molecular weight excluding hydrogens is 286 g/mol. The fraction of sp³-hybridized carbons (Fsp3) is 0.273. The lowest BCUT2D eigenvalue weighted by molar-refractivity contribution is 0.734.